The standard InChI is InChI=1S/2C11H9.Hf/c2*1-2-6-10(7-3-1)11-8-4-5-9-11;/h2*1-9H;/q2*-1;. The van der Waals surface area contributed by atoms with Gasteiger partial charge < -0.3 is 0 Å². The van der Waals surface area contributed by atoms with E-state index in [1.165, 1.54) is 22.3 Å². The Bertz CT molecular complexity index is 682. The van der Waals surface area contributed by atoms with Gasteiger partial charge in [-0.05, 0) is 0 Å². The Hall–Kier alpha value is -1.99. The molecule has 0 amide bonds. The number of hydrogen-bond donors (Lipinski definition) is 0. The molecule has 1 heteroatoms. The third-order valence-electron chi connectivity index (χ3n) is 3.54. The number of benzene rings is 2. The molecular formula is C22H18Hf-2. The van der Waals surface area contributed by atoms with Crippen molar-refractivity contribution < 1.29 is 25.8 Å². The van der Waals surface area contributed by atoms with Crippen molar-refractivity contribution >= 4 is 0 Å². The van der Waals surface area contributed by atoms with Gasteiger partial charge in [0.2, 0.25) is 0 Å². The fourth-order valence-corrected chi connectivity index (χ4v) is 2.39. The van der Waals surface area contributed by atoms with E-state index in [1.54, 1.807) is 0 Å². The molecule has 0 bridgehead atoms. The second-order valence-corrected chi connectivity index (χ2v) is 5.08. The van der Waals surface area contributed by atoms with E-state index in [2.05, 4.69) is 97.1 Å². The van der Waals surface area contributed by atoms with Gasteiger partial charge in [0, 0.05) is 25.8 Å². The Morgan fingerprint density at radius 2 is 0.696 bits per heavy atom. The predicted molar refractivity (Wildman–Crippen MR) is 94.9 cm³/mol. The molecule has 0 atom stereocenters. The Balaban J connectivity index is 0.000000160. The van der Waals surface area contributed by atoms with E-state index in [1.807, 2.05) is 12.1 Å². The maximum Gasteiger partial charge on any atom is 0 e. The van der Waals surface area contributed by atoms with Crippen molar-refractivity contribution in [2.24, 2.45) is 0 Å². The molecule has 0 aromatic heterocycles. The van der Waals surface area contributed by atoms with Crippen LogP contribution in [0.15, 0.2) is 109 Å². The molecule has 23 heavy (non-hydrogen) atoms. The van der Waals surface area contributed by atoms with E-state index < -0.39 is 0 Å². The van der Waals surface area contributed by atoms with E-state index in [9.17, 15) is 0 Å². The average molecular weight is 461 g/mol. The summed E-state index contributed by atoms with van der Waals surface area (Å²) in [5, 5.41) is 0. The first-order valence-electron chi connectivity index (χ1n) is 7.48. The summed E-state index contributed by atoms with van der Waals surface area (Å²) in [6.45, 7) is 0. The number of rotatable bonds is 2. The van der Waals surface area contributed by atoms with Gasteiger partial charge in [0.25, 0.3) is 0 Å². The Labute approximate surface area is 156 Å². The smallest absolute Gasteiger partial charge is 0 e. The Kier molecular flexibility index (Phi) is 6.96. The van der Waals surface area contributed by atoms with Gasteiger partial charge in [-0.1, -0.05) is 47.5 Å². The summed E-state index contributed by atoms with van der Waals surface area (Å²) in [5.74, 6) is 0. The zero-order chi connectivity index (χ0) is 15.0. The predicted octanol–water partition coefficient (Wildman–Crippen LogP) is 6.14. The van der Waals surface area contributed by atoms with E-state index in [0.29, 0.717) is 0 Å². The molecule has 0 saturated carbocycles. The first-order valence-corrected chi connectivity index (χ1v) is 7.48. The minimum atomic E-state index is 0. The molecule has 0 N–H and O–H groups in total. The van der Waals surface area contributed by atoms with Crippen LogP contribution in [0.1, 0.15) is 0 Å². The average Bonchev–Trinajstić information content (AvgIpc) is 3.31. The molecule has 0 aliphatic rings. The molecule has 0 heterocycles. The SMILES string of the molecule is [Hf].c1ccc(-[c-]2cccc2)cc1.c1ccc(-[c-]2cccc2)cc1. The van der Waals surface area contributed by atoms with Gasteiger partial charge in [-0.25, -0.2) is 0 Å². The molecule has 0 saturated heterocycles. The van der Waals surface area contributed by atoms with Crippen molar-refractivity contribution in [2.45, 2.75) is 0 Å². The van der Waals surface area contributed by atoms with Crippen LogP contribution >= 0.6 is 0 Å². The molecule has 0 fully saturated rings. The normalized spacial score (nSPS) is 9.39. The fraction of sp³-hybridized carbons (Fsp3) is 0. The molecule has 0 spiro atoms. The van der Waals surface area contributed by atoms with Gasteiger partial charge in [0.1, 0.15) is 0 Å². The van der Waals surface area contributed by atoms with Crippen molar-refractivity contribution in [2.75, 3.05) is 0 Å². The molecular weight excluding hydrogens is 443 g/mol. The summed E-state index contributed by atoms with van der Waals surface area (Å²) < 4.78 is 0. The second-order valence-electron chi connectivity index (χ2n) is 5.08. The Morgan fingerprint density at radius 3 is 1.00 bits per heavy atom. The molecule has 4 aromatic carbocycles. The van der Waals surface area contributed by atoms with Crippen molar-refractivity contribution in [3.8, 4) is 22.3 Å². The maximum atomic E-state index is 2.12. The summed E-state index contributed by atoms with van der Waals surface area (Å²) in [6.07, 6.45) is 0. The quantitative estimate of drug-likeness (QED) is 0.249. The van der Waals surface area contributed by atoms with E-state index >= 15 is 0 Å². The monoisotopic (exact) mass is 462 g/mol. The molecule has 4 rings (SSSR count). The zero-order valence-corrected chi connectivity index (χ0v) is 16.5. The minimum Gasteiger partial charge on any atom is -0.152 e. The third-order valence-corrected chi connectivity index (χ3v) is 3.54. The topological polar surface area (TPSA) is 0 Å². The minimum absolute atomic E-state index is 0. The van der Waals surface area contributed by atoms with Gasteiger partial charge in [-0.15, -0.1) is 59.7 Å². The van der Waals surface area contributed by atoms with Crippen molar-refractivity contribution in [3.63, 3.8) is 0 Å². The van der Waals surface area contributed by atoms with Crippen LogP contribution in [0.5, 0.6) is 0 Å². The largest absolute Gasteiger partial charge is 0.152 e. The molecule has 0 unspecified atom stereocenters. The van der Waals surface area contributed by atoms with E-state index in [4.69, 9.17) is 0 Å². The second kappa shape index (κ2) is 9.22. The van der Waals surface area contributed by atoms with Gasteiger partial charge in [-0.2, -0.15) is 24.3 Å². The molecule has 0 aliphatic heterocycles. The van der Waals surface area contributed by atoms with Crippen LogP contribution in [0.4, 0.5) is 0 Å². The van der Waals surface area contributed by atoms with Gasteiger partial charge in [0.05, 0.1) is 0 Å². The van der Waals surface area contributed by atoms with Crippen LogP contribution < -0.4 is 0 Å². The van der Waals surface area contributed by atoms with Crippen LogP contribution in [0, 0.1) is 0 Å². The van der Waals surface area contributed by atoms with Crippen LogP contribution in [0.3, 0.4) is 0 Å². The summed E-state index contributed by atoms with van der Waals surface area (Å²) in [5.41, 5.74) is 5.17. The van der Waals surface area contributed by atoms with Crippen LogP contribution in [-0.4, -0.2) is 0 Å². The first-order chi connectivity index (χ1) is 10.9. The molecule has 0 nitrogen and oxygen atoms in total. The summed E-state index contributed by atoms with van der Waals surface area (Å²) in [6, 6.07) is 37.5. The first kappa shape index (κ1) is 17.4. The summed E-state index contributed by atoms with van der Waals surface area (Å²) in [7, 11) is 0. The fourth-order valence-electron chi connectivity index (χ4n) is 2.39. The van der Waals surface area contributed by atoms with Crippen LogP contribution in [-0.2, 0) is 25.8 Å². The van der Waals surface area contributed by atoms with E-state index in [0.717, 1.165) is 0 Å². The van der Waals surface area contributed by atoms with Gasteiger partial charge in [-0.3, -0.25) is 0 Å². The molecule has 0 radical (unpaired) electrons. The third kappa shape index (κ3) is 5.01. The Morgan fingerprint density at radius 1 is 0.391 bits per heavy atom. The molecule has 0 aliphatic carbocycles. The zero-order valence-electron chi connectivity index (χ0n) is 12.9. The van der Waals surface area contributed by atoms with Crippen LogP contribution in [0.25, 0.3) is 22.3 Å². The summed E-state index contributed by atoms with van der Waals surface area (Å²) >= 11 is 0. The number of hydrogen-bond acceptors (Lipinski definition) is 0. The van der Waals surface area contributed by atoms with Gasteiger partial charge in [0.15, 0.2) is 0 Å². The van der Waals surface area contributed by atoms with E-state index in [-0.39, 0.29) is 25.8 Å². The molecule has 112 valence electrons. The molecule has 4 aromatic rings. The summed E-state index contributed by atoms with van der Waals surface area (Å²) in [4.78, 5) is 0. The maximum absolute atomic E-state index is 2.12. The van der Waals surface area contributed by atoms with Gasteiger partial charge >= 0.3 is 0 Å². The van der Waals surface area contributed by atoms with Crippen LogP contribution in [0.2, 0.25) is 0 Å². The van der Waals surface area contributed by atoms with Crippen molar-refractivity contribution in [1.29, 1.82) is 0 Å². The van der Waals surface area contributed by atoms with Crippen molar-refractivity contribution in [1.82, 2.24) is 0 Å². The van der Waals surface area contributed by atoms with Crippen molar-refractivity contribution in [3.05, 3.63) is 109 Å².